The van der Waals surface area contributed by atoms with Crippen molar-refractivity contribution in [3.8, 4) is 5.69 Å². The van der Waals surface area contributed by atoms with Gasteiger partial charge in [0.05, 0.1) is 11.4 Å². The van der Waals surface area contributed by atoms with Crippen molar-refractivity contribution in [3.63, 3.8) is 0 Å². The Bertz CT molecular complexity index is 965. The van der Waals surface area contributed by atoms with Crippen molar-refractivity contribution in [3.05, 3.63) is 77.1 Å². The molecule has 3 rings (SSSR count). The second-order valence-corrected chi connectivity index (χ2v) is 6.57. The Balaban J connectivity index is 1.58. The number of carbonyl (C=O) groups is 2. The molecule has 0 fully saturated rings. The van der Waals surface area contributed by atoms with Crippen LogP contribution in [-0.4, -0.2) is 45.4 Å². The second kappa shape index (κ2) is 8.47. The number of benzene rings is 2. The first kappa shape index (κ1) is 19.3. The van der Waals surface area contributed by atoms with E-state index in [1.165, 1.54) is 9.70 Å². The molecule has 0 atom stereocenters. The monoisotopic (exact) mass is 378 g/mol. The zero-order valence-electron chi connectivity index (χ0n) is 16.1. The summed E-state index contributed by atoms with van der Waals surface area (Å²) in [4.78, 5) is 27.5. The van der Waals surface area contributed by atoms with Crippen LogP contribution in [0.25, 0.3) is 5.69 Å². The van der Waals surface area contributed by atoms with Crippen LogP contribution in [0.15, 0.2) is 54.6 Å². The second-order valence-electron chi connectivity index (χ2n) is 6.57. The van der Waals surface area contributed by atoms with E-state index >= 15 is 0 Å². The number of carbonyl (C=O) groups excluding carboxylic acids is 2. The van der Waals surface area contributed by atoms with Gasteiger partial charge < -0.3 is 9.64 Å². The Labute approximate surface area is 163 Å². The molecule has 7 nitrogen and oxygen atoms in total. The van der Waals surface area contributed by atoms with Gasteiger partial charge in [-0.15, -0.1) is 5.10 Å². The van der Waals surface area contributed by atoms with Crippen molar-refractivity contribution < 1.29 is 14.3 Å². The fraction of sp³-hybridized carbons (Fsp3) is 0.238. The predicted octanol–water partition coefficient (Wildman–Crippen LogP) is 2.70. The highest BCUT2D eigenvalue weighted by Gasteiger charge is 2.20. The number of aromatic nitrogens is 3. The fourth-order valence-electron chi connectivity index (χ4n) is 2.61. The molecule has 0 N–H and O–H groups in total. The van der Waals surface area contributed by atoms with Gasteiger partial charge in [-0.3, -0.25) is 4.79 Å². The van der Waals surface area contributed by atoms with Gasteiger partial charge in [0.15, 0.2) is 12.3 Å². The van der Waals surface area contributed by atoms with Crippen LogP contribution in [0.4, 0.5) is 0 Å². The number of esters is 1. The van der Waals surface area contributed by atoms with E-state index in [-0.39, 0.29) is 18.2 Å². The highest BCUT2D eigenvalue weighted by Crippen LogP contribution is 2.10. The number of nitrogens with zero attached hydrogens (tertiary/aromatic N) is 4. The Kier molecular flexibility index (Phi) is 5.84. The lowest BCUT2D eigenvalue weighted by atomic mass is 10.1. The molecular weight excluding hydrogens is 356 g/mol. The summed E-state index contributed by atoms with van der Waals surface area (Å²) in [5, 5.41) is 8.42. The number of hydrogen-bond acceptors (Lipinski definition) is 5. The van der Waals surface area contributed by atoms with E-state index in [0.717, 1.165) is 16.8 Å². The van der Waals surface area contributed by atoms with Gasteiger partial charge in [0.1, 0.15) is 0 Å². The molecule has 0 bridgehead atoms. The maximum absolute atomic E-state index is 12.3. The van der Waals surface area contributed by atoms with Gasteiger partial charge >= 0.3 is 5.97 Å². The summed E-state index contributed by atoms with van der Waals surface area (Å²) in [5.74, 6) is -0.959. The van der Waals surface area contributed by atoms with E-state index in [4.69, 9.17) is 4.74 Å². The summed E-state index contributed by atoms with van der Waals surface area (Å²) in [6, 6.07) is 17.2. The molecule has 0 spiro atoms. The maximum atomic E-state index is 12.3. The van der Waals surface area contributed by atoms with Gasteiger partial charge in [0, 0.05) is 13.6 Å². The van der Waals surface area contributed by atoms with Gasteiger partial charge in [-0.25, -0.2) is 4.79 Å². The van der Waals surface area contributed by atoms with Gasteiger partial charge in [-0.1, -0.05) is 48.0 Å². The SMILES string of the molecule is Cc1ccc(CN(C)C(=O)COC(=O)c2nn(-c3ccccc3)nc2C)cc1. The minimum Gasteiger partial charge on any atom is -0.451 e. The Morgan fingerprint density at radius 3 is 2.36 bits per heavy atom. The van der Waals surface area contributed by atoms with Crippen LogP contribution >= 0.6 is 0 Å². The predicted molar refractivity (Wildman–Crippen MR) is 104 cm³/mol. The molecule has 0 aliphatic heterocycles. The first-order chi connectivity index (χ1) is 13.4. The average molecular weight is 378 g/mol. The number of ether oxygens (including phenoxy) is 1. The minimum atomic E-state index is -0.670. The number of amides is 1. The molecule has 2 aromatic carbocycles. The van der Waals surface area contributed by atoms with E-state index in [0.29, 0.717) is 12.2 Å². The highest BCUT2D eigenvalue weighted by molar-refractivity contribution is 5.90. The van der Waals surface area contributed by atoms with Crippen LogP contribution in [0.5, 0.6) is 0 Å². The van der Waals surface area contributed by atoms with Crippen LogP contribution in [0, 0.1) is 13.8 Å². The van der Waals surface area contributed by atoms with Gasteiger partial charge in [-0.2, -0.15) is 9.90 Å². The van der Waals surface area contributed by atoms with Crippen LogP contribution in [-0.2, 0) is 16.1 Å². The minimum absolute atomic E-state index is 0.0952. The fourth-order valence-corrected chi connectivity index (χ4v) is 2.61. The zero-order valence-corrected chi connectivity index (χ0v) is 16.1. The largest absolute Gasteiger partial charge is 0.451 e. The topological polar surface area (TPSA) is 77.3 Å². The molecule has 144 valence electrons. The number of hydrogen-bond donors (Lipinski definition) is 0. The van der Waals surface area contributed by atoms with Gasteiger partial charge in [0.2, 0.25) is 0 Å². The zero-order chi connectivity index (χ0) is 20.1. The van der Waals surface area contributed by atoms with E-state index < -0.39 is 5.97 Å². The standard InChI is InChI=1S/C21H22N4O3/c1-15-9-11-17(12-10-15)13-24(3)19(26)14-28-21(27)20-16(2)22-25(23-20)18-7-5-4-6-8-18/h4-12H,13-14H2,1-3H3. The molecule has 0 aliphatic rings. The first-order valence-electron chi connectivity index (χ1n) is 8.90. The lowest BCUT2D eigenvalue weighted by Gasteiger charge is -2.17. The van der Waals surface area contributed by atoms with Crippen molar-refractivity contribution in [2.45, 2.75) is 20.4 Å². The van der Waals surface area contributed by atoms with E-state index in [1.54, 1.807) is 14.0 Å². The quantitative estimate of drug-likeness (QED) is 0.617. The molecule has 1 heterocycles. The molecule has 7 heteroatoms. The van der Waals surface area contributed by atoms with Gasteiger partial charge in [-0.05, 0) is 31.5 Å². The van der Waals surface area contributed by atoms with Crippen molar-refractivity contribution in [2.24, 2.45) is 0 Å². The molecule has 0 aliphatic carbocycles. The summed E-state index contributed by atoms with van der Waals surface area (Å²) in [6.07, 6.45) is 0. The molecule has 1 aromatic heterocycles. The molecule has 0 saturated heterocycles. The van der Waals surface area contributed by atoms with Crippen LogP contribution < -0.4 is 0 Å². The summed E-state index contributed by atoms with van der Waals surface area (Å²) in [7, 11) is 1.67. The van der Waals surface area contributed by atoms with Crippen LogP contribution in [0.2, 0.25) is 0 Å². The van der Waals surface area contributed by atoms with Gasteiger partial charge in [0.25, 0.3) is 5.91 Å². The third kappa shape index (κ3) is 4.62. The summed E-state index contributed by atoms with van der Waals surface area (Å²) in [6.45, 7) is 3.78. The number of likely N-dealkylation sites (N-methyl/N-ethyl adjacent to an activating group) is 1. The Morgan fingerprint density at radius 1 is 1.00 bits per heavy atom. The summed E-state index contributed by atoms with van der Waals surface area (Å²) in [5.41, 5.74) is 3.44. The van der Waals surface area contributed by atoms with E-state index in [1.807, 2.05) is 61.5 Å². The van der Waals surface area contributed by atoms with Crippen LogP contribution in [0.1, 0.15) is 27.3 Å². The molecule has 28 heavy (non-hydrogen) atoms. The van der Waals surface area contributed by atoms with Crippen LogP contribution in [0.3, 0.4) is 0 Å². The molecule has 3 aromatic rings. The first-order valence-corrected chi connectivity index (χ1v) is 8.90. The lowest BCUT2D eigenvalue weighted by molar-refractivity contribution is -0.133. The van der Waals surface area contributed by atoms with Crippen molar-refractivity contribution in [1.82, 2.24) is 19.9 Å². The lowest BCUT2D eigenvalue weighted by Crippen LogP contribution is -2.31. The van der Waals surface area contributed by atoms with E-state index in [9.17, 15) is 9.59 Å². The summed E-state index contributed by atoms with van der Waals surface area (Å²) < 4.78 is 5.15. The number of aryl methyl sites for hydroxylation is 2. The molecule has 0 unspecified atom stereocenters. The average Bonchev–Trinajstić information content (AvgIpc) is 3.10. The molecule has 1 amide bonds. The highest BCUT2D eigenvalue weighted by atomic mass is 16.5. The molecule has 0 saturated carbocycles. The summed E-state index contributed by atoms with van der Waals surface area (Å²) >= 11 is 0. The van der Waals surface area contributed by atoms with E-state index in [2.05, 4.69) is 10.2 Å². The number of para-hydroxylation sites is 1. The molecular formula is C21H22N4O3. The normalized spacial score (nSPS) is 10.5. The van der Waals surface area contributed by atoms with Crippen molar-refractivity contribution in [1.29, 1.82) is 0 Å². The maximum Gasteiger partial charge on any atom is 0.361 e. The smallest absolute Gasteiger partial charge is 0.361 e. The molecule has 0 radical (unpaired) electrons. The number of rotatable bonds is 6. The third-order valence-electron chi connectivity index (χ3n) is 4.26. The Hall–Kier alpha value is -3.48. The third-order valence-corrected chi connectivity index (χ3v) is 4.26. The van der Waals surface area contributed by atoms with Crippen molar-refractivity contribution in [2.75, 3.05) is 13.7 Å². The Morgan fingerprint density at radius 2 is 1.68 bits per heavy atom. The van der Waals surface area contributed by atoms with Crippen molar-refractivity contribution >= 4 is 11.9 Å².